The standard InChI is InChI=1S/C15H14N2O2/c18-15(19-13-4-2-1-3-5-13)17-12-8-9-14(16-10-12)11-6-7-11/h1-5,8-11H,6-7H2,(H,17,18). The maximum Gasteiger partial charge on any atom is 0.417 e. The lowest BCUT2D eigenvalue weighted by Gasteiger charge is -2.06. The molecule has 19 heavy (non-hydrogen) atoms. The van der Waals surface area contributed by atoms with Crippen LogP contribution in [0.3, 0.4) is 0 Å². The fraction of sp³-hybridized carbons (Fsp3) is 0.200. The highest BCUT2D eigenvalue weighted by molar-refractivity contribution is 5.85. The van der Waals surface area contributed by atoms with Gasteiger partial charge in [-0.1, -0.05) is 18.2 Å². The molecule has 1 aromatic carbocycles. The third-order valence-electron chi connectivity index (χ3n) is 2.98. The first-order chi connectivity index (χ1) is 9.31. The van der Waals surface area contributed by atoms with Crippen LogP contribution in [-0.4, -0.2) is 11.1 Å². The smallest absolute Gasteiger partial charge is 0.410 e. The van der Waals surface area contributed by atoms with E-state index >= 15 is 0 Å². The average Bonchev–Trinajstić information content (AvgIpc) is 3.25. The van der Waals surface area contributed by atoms with E-state index in [9.17, 15) is 4.79 Å². The van der Waals surface area contributed by atoms with Crippen molar-refractivity contribution in [3.05, 3.63) is 54.4 Å². The minimum Gasteiger partial charge on any atom is -0.410 e. The number of rotatable bonds is 3. The van der Waals surface area contributed by atoms with E-state index in [0.717, 1.165) is 5.69 Å². The second-order valence-corrected chi connectivity index (χ2v) is 4.57. The first-order valence-electron chi connectivity index (χ1n) is 6.31. The van der Waals surface area contributed by atoms with Gasteiger partial charge in [-0.15, -0.1) is 0 Å². The third kappa shape index (κ3) is 3.10. The summed E-state index contributed by atoms with van der Waals surface area (Å²) in [6, 6.07) is 12.8. The number of para-hydroxylation sites is 1. The number of carbonyl (C=O) groups is 1. The van der Waals surface area contributed by atoms with E-state index in [4.69, 9.17) is 4.74 Å². The highest BCUT2D eigenvalue weighted by Gasteiger charge is 2.24. The van der Waals surface area contributed by atoms with Gasteiger partial charge in [-0.05, 0) is 37.1 Å². The summed E-state index contributed by atoms with van der Waals surface area (Å²) < 4.78 is 5.13. The zero-order chi connectivity index (χ0) is 13.1. The molecular formula is C15H14N2O2. The fourth-order valence-electron chi connectivity index (χ4n) is 1.84. The molecule has 0 aliphatic heterocycles. The van der Waals surface area contributed by atoms with Gasteiger partial charge in [0.2, 0.25) is 0 Å². The van der Waals surface area contributed by atoms with Crippen molar-refractivity contribution in [2.75, 3.05) is 5.32 Å². The van der Waals surface area contributed by atoms with Crippen molar-refractivity contribution in [1.82, 2.24) is 4.98 Å². The van der Waals surface area contributed by atoms with E-state index < -0.39 is 6.09 Å². The van der Waals surface area contributed by atoms with Crippen LogP contribution >= 0.6 is 0 Å². The van der Waals surface area contributed by atoms with Crippen molar-refractivity contribution >= 4 is 11.8 Å². The number of ether oxygens (including phenoxy) is 1. The number of benzene rings is 1. The van der Waals surface area contributed by atoms with Gasteiger partial charge >= 0.3 is 6.09 Å². The number of pyridine rings is 1. The van der Waals surface area contributed by atoms with Crippen LogP contribution < -0.4 is 10.1 Å². The number of carbonyl (C=O) groups excluding carboxylic acids is 1. The van der Waals surface area contributed by atoms with Crippen LogP contribution in [0.4, 0.5) is 10.5 Å². The van der Waals surface area contributed by atoms with Gasteiger partial charge in [0.1, 0.15) is 5.75 Å². The van der Waals surface area contributed by atoms with Crippen LogP contribution in [0.5, 0.6) is 5.75 Å². The highest BCUT2D eigenvalue weighted by Crippen LogP contribution is 2.38. The van der Waals surface area contributed by atoms with E-state index in [1.54, 1.807) is 18.3 Å². The topological polar surface area (TPSA) is 51.2 Å². The van der Waals surface area contributed by atoms with E-state index in [0.29, 0.717) is 17.4 Å². The summed E-state index contributed by atoms with van der Waals surface area (Å²) in [4.78, 5) is 16.0. The largest absolute Gasteiger partial charge is 0.417 e. The zero-order valence-electron chi connectivity index (χ0n) is 10.4. The zero-order valence-corrected chi connectivity index (χ0v) is 10.4. The molecule has 0 atom stereocenters. The number of hydrogen-bond acceptors (Lipinski definition) is 3. The van der Waals surface area contributed by atoms with Gasteiger partial charge < -0.3 is 4.74 Å². The van der Waals surface area contributed by atoms with Crippen molar-refractivity contribution in [2.24, 2.45) is 0 Å². The molecule has 0 radical (unpaired) electrons. The molecule has 1 amide bonds. The Kier molecular flexibility index (Phi) is 3.14. The van der Waals surface area contributed by atoms with Crippen LogP contribution in [-0.2, 0) is 0 Å². The third-order valence-corrected chi connectivity index (χ3v) is 2.98. The Balaban J connectivity index is 1.59. The molecule has 1 heterocycles. The maximum atomic E-state index is 11.7. The number of amides is 1. The minimum absolute atomic E-state index is 0.507. The second-order valence-electron chi connectivity index (χ2n) is 4.57. The molecular weight excluding hydrogens is 240 g/mol. The van der Waals surface area contributed by atoms with Crippen LogP contribution in [0.1, 0.15) is 24.5 Å². The van der Waals surface area contributed by atoms with Gasteiger partial charge in [0.05, 0.1) is 11.9 Å². The summed E-state index contributed by atoms with van der Waals surface area (Å²) in [7, 11) is 0. The van der Waals surface area contributed by atoms with E-state index in [2.05, 4.69) is 10.3 Å². The summed E-state index contributed by atoms with van der Waals surface area (Å²) in [6.45, 7) is 0. The number of anilines is 1. The molecule has 3 rings (SSSR count). The molecule has 96 valence electrons. The molecule has 0 saturated heterocycles. The molecule has 4 nitrogen and oxygen atoms in total. The monoisotopic (exact) mass is 254 g/mol. The van der Waals surface area contributed by atoms with Gasteiger partial charge in [0.25, 0.3) is 0 Å². The number of nitrogens with one attached hydrogen (secondary N) is 1. The van der Waals surface area contributed by atoms with Crippen molar-refractivity contribution in [3.63, 3.8) is 0 Å². The Labute approximate surface area is 111 Å². The quantitative estimate of drug-likeness (QED) is 0.911. The maximum absolute atomic E-state index is 11.7. The summed E-state index contributed by atoms with van der Waals surface area (Å²) in [6.07, 6.45) is 3.60. The van der Waals surface area contributed by atoms with Crippen molar-refractivity contribution < 1.29 is 9.53 Å². The van der Waals surface area contributed by atoms with Gasteiger partial charge in [-0.25, -0.2) is 4.79 Å². The summed E-state index contributed by atoms with van der Waals surface area (Å²) >= 11 is 0. The molecule has 1 saturated carbocycles. The highest BCUT2D eigenvalue weighted by atomic mass is 16.6. The van der Waals surface area contributed by atoms with Crippen LogP contribution in [0.25, 0.3) is 0 Å². The Morgan fingerprint density at radius 2 is 1.95 bits per heavy atom. The lowest BCUT2D eigenvalue weighted by atomic mass is 10.2. The molecule has 4 heteroatoms. The molecule has 0 spiro atoms. The van der Waals surface area contributed by atoms with Crippen molar-refractivity contribution in [3.8, 4) is 5.75 Å². The lowest BCUT2D eigenvalue weighted by Crippen LogP contribution is -2.16. The summed E-state index contributed by atoms with van der Waals surface area (Å²) in [5, 5.41) is 2.65. The van der Waals surface area contributed by atoms with E-state index in [1.807, 2.05) is 30.3 Å². The predicted molar refractivity (Wildman–Crippen MR) is 72.3 cm³/mol. The molecule has 1 fully saturated rings. The SMILES string of the molecule is O=C(Nc1ccc(C2CC2)nc1)Oc1ccccc1. The van der Waals surface area contributed by atoms with Gasteiger partial charge in [0.15, 0.2) is 0 Å². The van der Waals surface area contributed by atoms with E-state index in [-0.39, 0.29) is 0 Å². The molecule has 2 aromatic rings. The molecule has 1 aromatic heterocycles. The Morgan fingerprint density at radius 3 is 2.58 bits per heavy atom. The van der Waals surface area contributed by atoms with Crippen LogP contribution in [0.2, 0.25) is 0 Å². The Morgan fingerprint density at radius 1 is 1.16 bits per heavy atom. The van der Waals surface area contributed by atoms with Crippen molar-refractivity contribution in [2.45, 2.75) is 18.8 Å². The summed E-state index contributed by atoms with van der Waals surface area (Å²) in [5.41, 5.74) is 1.74. The van der Waals surface area contributed by atoms with Crippen LogP contribution in [0, 0.1) is 0 Å². The first-order valence-corrected chi connectivity index (χ1v) is 6.31. The predicted octanol–water partition coefficient (Wildman–Crippen LogP) is 3.57. The molecule has 0 bridgehead atoms. The Bertz CT molecular complexity index is 562. The molecule has 1 N–H and O–H groups in total. The molecule has 0 unspecified atom stereocenters. The minimum atomic E-state index is -0.507. The van der Waals surface area contributed by atoms with Crippen molar-refractivity contribution in [1.29, 1.82) is 0 Å². The van der Waals surface area contributed by atoms with E-state index in [1.165, 1.54) is 12.8 Å². The second kappa shape index (κ2) is 5.10. The van der Waals surface area contributed by atoms with Crippen LogP contribution in [0.15, 0.2) is 48.7 Å². The number of hydrogen-bond donors (Lipinski definition) is 1. The fourth-order valence-corrected chi connectivity index (χ4v) is 1.84. The Hall–Kier alpha value is -2.36. The molecule has 1 aliphatic carbocycles. The molecule has 1 aliphatic rings. The van der Waals surface area contributed by atoms with Gasteiger partial charge in [-0.3, -0.25) is 10.3 Å². The average molecular weight is 254 g/mol. The number of nitrogens with zero attached hydrogens (tertiary/aromatic N) is 1. The van der Waals surface area contributed by atoms with Gasteiger partial charge in [-0.2, -0.15) is 0 Å². The first kappa shape index (κ1) is 11.7. The lowest BCUT2D eigenvalue weighted by molar-refractivity contribution is 0.215. The normalized spacial score (nSPS) is 13.9. The summed E-state index contributed by atoms with van der Waals surface area (Å²) in [5.74, 6) is 1.13. The van der Waals surface area contributed by atoms with Gasteiger partial charge in [0, 0.05) is 11.6 Å². The number of aromatic nitrogens is 1.